The third-order valence-corrected chi connectivity index (χ3v) is 4.01. The summed E-state index contributed by atoms with van der Waals surface area (Å²) in [6, 6.07) is 11.9. The average molecular weight is 303 g/mol. The van der Waals surface area contributed by atoms with E-state index < -0.39 is 0 Å². The van der Waals surface area contributed by atoms with Gasteiger partial charge in [-0.2, -0.15) is 10.4 Å². The monoisotopic (exact) mass is 303 g/mol. The van der Waals surface area contributed by atoms with E-state index in [-0.39, 0.29) is 16.6 Å². The van der Waals surface area contributed by atoms with Crippen molar-refractivity contribution in [3.05, 3.63) is 30.3 Å². The van der Waals surface area contributed by atoms with Crippen molar-refractivity contribution < 1.29 is 4.79 Å². The van der Waals surface area contributed by atoms with Crippen molar-refractivity contribution in [2.75, 3.05) is 0 Å². The van der Waals surface area contributed by atoms with Gasteiger partial charge < -0.3 is 0 Å². The summed E-state index contributed by atoms with van der Waals surface area (Å²) in [6.07, 6.45) is 2.90. The first-order valence-electron chi connectivity index (χ1n) is 6.87. The third kappa shape index (κ3) is 6.96. The van der Waals surface area contributed by atoms with Gasteiger partial charge in [0, 0.05) is 22.9 Å². The first-order valence-corrected chi connectivity index (χ1v) is 7.75. The van der Waals surface area contributed by atoms with E-state index in [0.29, 0.717) is 6.42 Å². The van der Waals surface area contributed by atoms with Gasteiger partial charge in [0.2, 0.25) is 0 Å². The zero-order valence-electron chi connectivity index (χ0n) is 12.7. The maximum absolute atomic E-state index is 11.9. The Hall–Kier alpha value is -1.80. The number of carbonyl (C=O) groups is 1. The number of nitrogens with one attached hydrogen (secondary N) is 1. The SMILES string of the molecule is C[C@H](Sc1ccccc1)C(=O)N/N=C\C(C)(C)CCC#N. The van der Waals surface area contributed by atoms with Crippen LogP contribution >= 0.6 is 11.8 Å². The second-order valence-corrected chi connectivity index (χ2v) is 6.87. The van der Waals surface area contributed by atoms with Gasteiger partial charge in [-0.05, 0) is 25.5 Å². The lowest BCUT2D eigenvalue weighted by molar-refractivity contribution is -0.120. The van der Waals surface area contributed by atoms with Crippen molar-refractivity contribution >= 4 is 23.9 Å². The molecule has 0 saturated heterocycles. The van der Waals surface area contributed by atoms with E-state index in [9.17, 15) is 4.79 Å². The predicted octanol–water partition coefficient (Wildman–Crippen LogP) is 3.60. The van der Waals surface area contributed by atoms with Crippen LogP contribution < -0.4 is 5.43 Å². The molecule has 0 saturated carbocycles. The molecule has 0 unspecified atom stereocenters. The lowest BCUT2D eigenvalue weighted by Crippen LogP contribution is -2.28. The number of amides is 1. The molecular weight excluding hydrogens is 282 g/mol. The number of nitrogens with zero attached hydrogens (tertiary/aromatic N) is 2. The molecule has 112 valence electrons. The highest BCUT2D eigenvalue weighted by molar-refractivity contribution is 8.00. The summed E-state index contributed by atoms with van der Waals surface area (Å²) in [7, 11) is 0. The van der Waals surface area contributed by atoms with Crippen LogP contribution in [0.1, 0.15) is 33.6 Å². The Morgan fingerprint density at radius 2 is 2.14 bits per heavy atom. The number of hydrazone groups is 1. The number of rotatable bonds is 7. The van der Waals surface area contributed by atoms with Gasteiger partial charge in [0.05, 0.1) is 11.3 Å². The molecule has 1 aromatic carbocycles. The van der Waals surface area contributed by atoms with E-state index in [1.165, 1.54) is 11.8 Å². The van der Waals surface area contributed by atoms with Gasteiger partial charge in [-0.15, -0.1) is 11.8 Å². The second-order valence-electron chi connectivity index (χ2n) is 5.45. The molecule has 4 nitrogen and oxygen atoms in total. The molecule has 0 radical (unpaired) electrons. The Bertz CT molecular complexity index is 520. The average Bonchev–Trinajstić information content (AvgIpc) is 2.46. The fourth-order valence-electron chi connectivity index (χ4n) is 1.56. The highest BCUT2D eigenvalue weighted by Crippen LogP contribution is 2.22. The molecule has 0 aliphatic rings. The van der Waals surface area contributed by atoms with Gasteiger partial charge in [0.1, 0.15) is 0 Å². The van der Waals surface area contributed by atoms with Crippen LogP contribution in [0.15, 0.2) is 40.3 Å². The topological polar surface area (TPSA) is 65.2 Å². The largest absolute Gasteiger partial charge is 0.272 e. The molecule has 21 heavy (non-hydrogen) atoms. The lowest BCUT2D eigenvalue weighted by Gasteiger charge is -2.17. The van der Waals surface area contributed by atoms with Gasteiger partial charge in [-0.25, -0.2) is 5.43 Å². The minimum Gasteiger partial charge on any atom is -0.272 e. The van der Waals surface area contributed by atoms with Gasteiger partial charge >= 0.3 is 0 Å². The summed E-state index contributed by atoms with van der Waals surface area (Å²) < 4.78 is 0. The van der Waals surface area contributed by atoms with E-state index in [1.54, 1.807) is 6.21 Å². The van der Waals surface area contributed by atoms with E-state index in [4.69, 9.17) is 5.26 Å². The number of carbonyl (C=O) groups excluding carboxylic acids is 1. The summed E-state index contributed by atoms with van der Waals surface area (Å²) >= 11 is 1.49. The van der Waals surface area contributed by atoms with Crippen LogP contribution in [0.4, 0.5) is 0 Å². The molecule has 5 heteroatoms. The molecule has 1 N–H and O–H groups in total. The van der Waals surface area contributed by atoms with Gasteiger partial charge in [-0.1, -0.05) is 32.0 Å². The maximum Gasteiger partial charge on any atom is 0.253 e. The Morgan fingerprint density at radius 1 is 1.48 bits per heavy atom. The summed E-state index contributed by atoms with van der Waals surface area (Å²) in [5.74, 6) is -0.129. The maximum atomic E-state index is 11.9. The molecule has 0 heterocycles. The molecule has 1 rings (SSSR count). The van der Waals surface area contributed by atoms with Crippen molar-refractivity contribution in [2.45, 2.75) is 43.8 Å². The van der Waals surface area contributed by atoms with E-state index in [2.05, 4.69) is 16.6 Å². The van der Waals surface area contributed by atoms with Gasteiger partial charge in [0.25, 0.3) is 5.91 Å². The van der Waals surface area contributed by atoms with Crippen LogP contribution in [0, 0.1) is 16.7 Å². The standard InChI is InChI=1S/C16H21N3OS/c1-13(21-14-8-5-4-6-9-14)15(20)19-18-12-16(2,3)10-7-11-17/h4-6,8-9,12-13H,7,10H2,1-3H3,(H,19,20)/b18-12-/t13-/m0/s1. The Morgan fingerprint density at radius 3 is 2.76 bits per heavy atom. The number of hydrogen-bond donors (Lipinski definition) is 1. The fraction of sp³-hybridized carbons (Fsp3) is 0.438. The van der Waals surface area contributed by atoms with Crippen molar-refractivity contribution in [1.29, 1.82) is 5.26 Å². The van der Waals surface area contributed by atoms with Crippen LogP contribution in [0.2, 0.25) is 0 Å². The van der Waals surface area contributed by atoms with Crippen LogP contribution in [0.5, 0.6) is 0 Å². The third-order valence-electron chi connectivity index (χ3n) is 2.90. The normalized spacial score (nSPS) is 12.9. The summed E-state index contributed by atoms with van der Waals surface area (Å²) in [5.41, 5.74) is 2.37. The number of benzene rings is 1. The predicted molar refractivity (Wildman–Crippen MR) is 87.0 cm³/mol. The van der Waals surface area contributed by atoms with Crippen molar-refractivity contribution in [2.24, 2.45) is 10.5 Å². The fourth-order valence-corrected chi connectivity index (χ4v) is 2.44. The smallest absolute Gasteiger partial charge is 0.253 e. The second kappa shape index (κ2) is 8.48. The first kappa shape index (κ1) is 17.3. The van der Waals surface area contributed by atoms with Crippen molar-refractivity contribution in [3.8, 4) is 6.07 Å². The van der Waals surface area contributed by atoms with Crippen molar-refractivity contribution in [3.63, 3.8) is 0 Å². The number of nitriles is 1. The minimum absolute atomic E-state index is 0.129. The lowest BCUT2D eigenvalue weighted by atomic mass is 9.90. The van der Waals surface area contributed by atoms with E-state index in [0.717, 1.165) is 11.3 Å². The molecule has 1 atom stereocenters. The highest BCUT2D eigenvalue weighted by atomic mass is 32.2. The summed E-state index contributed by atoms with van der Waals surface area (Å²) in [5, 5.41) is 12.4. The summed E-state index contributed by atoms with van der Waals surface area (Å²) in [4.78, 5) is 13.0. The Kier molecular flexibility index (Phi) is 6.97. The van der Waals surface area contributed by atoms with Crippen LogP contribution in [-0.4, -0.2) is 17.4 Å². The molecule has 0 aliphatic heterocycles. The molecule has 0 spiro atoms. The molecule has 0 aromatic heterocycles. The molecule has 0 fully saturated rings. The number of hydrogen-bond acceptors (Lipinski definition) is 4. The Labute approximate surface area is 130 Å². The molecule has 0 aliphatic carbocycles. The van der Waals surface area contributed by atoms with E-state index >= 15 is 0 Å². The Balaban J connectivity index is 2.44. The first-order chi connectivity index (χ1) is 9.94. The van der Waals surface area contributed by atoms with E-state index in [1.807, 2.05) is 51.1 Å². The summed E-state index contributed by atoms with van der Waals surface area (Å²) in [6.45, 7) is 5.83. The highest BCUT2D eigenvalue weighted by Gasteiger charge is 2.16. The molecule has 1 amide bonds. The quantitative estimate of drug-likeness (QED) is 0.475. The van der Waals surface area contributed by atoms with Gasteiger partial charge in [-0.3, -0.25) is 4.79 Å². The molecule has 1 aromatic rings. The van der Waals surface area contributed by atoms with Crippen LogP contribution in [0.3, 0.4) is 0 Å². The van der Waals surface area contributed by atoms with Crippen LogP contribution in [0.25, 0.3) is 0 Å². The minimum atomic E-state index is -0.216. The zero-order valence-corrected chi connectivity index (χ0v) is 13.5. The van der Waals surface area contributed by atoms with Gasteiger partial charge in [0.15, 0.2) is 0 Å². The zero-order chi connectivity index (χ0) is 15.7. The molecular formula is C16H21N3OS. The molecule has 0 bridgehead atoms. The van der Waals surface area contributed by atoms with Crippen molar-refractivity contribution in [1.82, 2.24) is 5.43 Å². The van der Waals surface area contributed by atoms with Crippen LogP contribution in [-0.2, 0) is 4.79 Å². The number of thioether (sulfide) groups is 1.